The van der Waals surface area contributed by atoms with Crippen LogP contribution < -0.4 is 4.90 Å². The number of hydrogen-bond donors (Lipinski definition) is 0. The molecular formula is C11H13N2OPY-2. The molecule has 1 aromatic rings. The van der Waals surface area contributed by atoms with Crippen molar-refractivity contribution < 1.29 is 37.5 Å². The minimum absolute atomic E-state index is 0. The zero-order chi connectivity index (χ0) is 11.3. The van der Waals surface area contributed by atoms with E-state index in [9.17, 15) is 4.79 Å². The van der Waals surface area contributed by atoms with E-state index in [1.165, 1.54) is 0 Å². The molecule has 3 nitrogen and oxygen atoms in total. The maximum atomic E-state index is 10.8. The van der Waals surface area contributed by atoms with Gasteiger partial charge in [0.05, 0.1) is 0 Å². The van der Waals surface area contributed by atoms with Crippen molar-refractivity contribution in [1.29, 1.82) is 0 Å². The number of benzene rings is 1. The van der Waals surface area contributed by atoms with Crippen molar-refractivity contribution in [3.05, 3.63) is 37.3 Å². The molecular weight excluding hydrogens is 296 g/mol. The van der Waals surface area contributed by atoms with Crippen LogP contribution >= 0.6 is 9.24 Å². The van der Waals surface area contributed by atoms with Crippen molar-refractivity contribution in [3.63, 3.8) is 0 Å². The van der Waals surface area contributed by atoms with Crippen molar-refractivity contribution in [1.82, 2.24) is 0 Å². The second-order valence-corrected chi connectivity index (χ2v) is 3.39. The van der Waals surface area contributed by atoms with Crippen LogP contribution in [-0.4, -0.2) is 18.0 Å². The normalized spacial score (nSPS) is 10.6. The number of nitrogens with zero attached hydrogens (tertiary/aromatic N) is 2. The third-order valence-corrected chi connectivity index (χ3v) is 2.00. The zero-order valence-electron chi connectivity index (χ0n) is 9.18. The Labute approximate surface area is 124 Å². The van der Waals surface area contributed by atoms with E-state index in [-0.39, 0.29) is 38.4 Å². The van der Waals surface area contributed by atoms with Crippen molar-refractivity contribution in [2.45, 2.75) is 6.92 Å². The Morgan fingerprint density at radius 3 is 2.75 bits per heavy atom. The molecule has 0 saturated carbocycles. The summed E-state index contributed by atoms with van der Waals surface area (Å²) in [6.07, 6.45) is 0. The smallest absolute Gasteiger partial charge is 0.261 e. The average Bonchev–Trinajstić information content (AvgIpc) is 2.19. The number of rotatable bonds is 2. The Morgan fingerprint density at radius 1 is 1.62 bits per heavy atom. The van der Waals surface area contributed by atoms with E-state index in [0.29, 0.717) is 12.4 Å². The van der Waals surface area contributed by atoms with Gasteiger partial charge in [-0.1, -0.05) is 5.69 Å². The molecule has 0 spiro atoms. The van der Waals surface area contributed by atoms with Crippen LogP contribution in [0, 0.1) is 13.0 Å². The molecule has 1 amide bonds. The number of amides is 1. The molecule has 0 aliphatic rings. The van der Waals surface area contributed by atoms with Gasteiger partial charge in [0.2, 0.25) is 0 Å². The van der Waals surface area contributed by atoms with Crippen LogP contribution in [0.3, 0.4) is 0 Å². The summed E-state index contributed by atoms with van der Waals surface area (Å²) in [4.78, 5) is 16.5. The number of carbonyl (C=O) groups excluding carboxylic acids is 1. The molecule has 0 aliphatic carbocycles. The van der Waals surface area contributed by atoms with Gasteiger partial charge < -0.3 is 11.8 Å². The first kappa shape index (κ1) is 15.9. The predicted octanol–water partition coefficient (Wildman–Crippen LogP) is 2.54. The molecule has 83 valence electrons. The third-order valence-electron chi connectivity index (χ3n) is 1.87. The third kappa shape index (κ3) is 4.82. The van der Waals surface area contributed by atoms with Gasteiger partial charge in [0.15, 0.2) is 0 Å². The summed E-state index contributed by atoms with van der Waals surface area (Å²) in [5, 5.41) is 0. The standard InChI is InChI=1S/C11H13N2OP.Y/c1-3-13(9(2)12-11(14)15)10-7-5-4-6-8-10;/h4-7H,1,3,15H2,2H3;/q-2;/b12-9+;. The number of anilines is 1. The van der Waals surface area contributed by atoms with E-state index in [2.05, 4.69) is 18.0 Å². The summed E-state index contributed by atoms with van der Waals surface area (Å²) in [6.45, 7) is 6.08. The van der Waals surface area contributed by atoms with Crippen LogP contribution in [-0.2, 0) is 32.7 Å². The second-order valence-electron chi connectivity index (χ2n) is 2.90. The minimum atomic E-state index is -0.290. The van der Waals surface area contributed by atoms with Crippen molar-refractivity contribution in [2.24, 2.45) is 4.99 Å². The molecule has 1 atom stereocenters. The number of hydrogen-bond acceptors (Lipinski definition) is 1. The first-order valence-electron chi connectivity index (χ1n) is 4.53. The topological polar surface area (TPSA) is 32.7 Å². The Morgan fingerprint density at radius 2 is 2.31 bits per heavy atom. The van der Waals surface area contributed by atoms with Gasteiger partial charge in [-0.3, -0.25) is 4.79 Å². The molecule has 0 fully saturated rings. The van der Waals surface area contributed by atoms with E-state index in [1.807, 2.05) is 38.4 Å². The molecule has 0 N–H and O–H groups in total. The molecule has 1 radical (unpaired) electrons. The van der Waals surface area contributed by atoms with Gasteiger partial charge >= 0.3 is 0 Å². The predicted molar refractivity (Wildman–Crippen MR) is 66.2 cm³/mol. The summed E-state index contributed by atoms with van der Waals surface area (Å²) < 4.78 is 0. The fourth-order valence-corrected chi connectivity index (χ4v) is 1.41. The number of amidine groups is 1. The Balaban J connectivity index is 0.00000225. The summed E-state index contributed by atoms with van der Waals surface area (Å²) in [7, 11) is 2.02. The van der Waals surface area contributed by atoms with Crippen LogP contribution in [0.25, 0.3) is 0 Å². The van der Waals surface area contributed by atoms with E-state index in [4.69, 9.17) is 0 Å². The van der Waals surface area contributed by atoms with E-state index in [1.54, 1.807) is 6.92 Å². The summed E-state index contributed by atoms with van der Waals surface area (Å²) in [5.41, 5.74) is 0.571. The summed E-state index contributed by atoms with van der Waals surface area (Å²) in [5.74, 6) is 0.618. The second kappa shape index (κ2) is 8.05. The fraction of sp³-hybridized carbons (Fsp3) is 0.182. The molecule has 1 rings (SSSR count). The quantitative estimate of drug-likeness (QED) is 0.364. The monoisotopic (exact) mass is 309 g/mol. The molecule has 0 heterocycles. The van der Waals surface area contributed by atoms with Gasteiger partial charge in [-0.15, -0.1) is 12.6 Å². The molecule has 0 aromatic heterocycles. The van der Waals surface area contributed by atoms with E-state index in [0.717, 1.165) is 5.69 Å². The van der Waals surface area contributed by atoms with Crippen molar-refractivity contribution >= 4 is 26.4 Å². The maximum Gasteiger partial charge on any atom is 0.261 e. The Kier molecular flexibility index (Phi) is 8.00. The molecule has 1 unspecified atom stereocenters. The van der Waals surface area contributed by atoms with Gasteiger partial charge in [0, 0.05) is 32.7 Å². The van der Waals surface area contributed by atoms with Crippen LogP contribution in [0.2, 0.25) is 0 Å². The van der Waals surface area contributed by atoms with Gasteiger partial charge in [-0.25, -0.2) is 0 Å². The number of aliphatic imine (C=N–C) groups is 1. The maximum absolute atomic E-state index is 10.8. The molecule has 0 bridgehead atoms. The average molecular weight is 309 g/mol. The van der Waals surface area contributed by atoms with Crippen molar-refractivity contribution in [3.8, 4) is 0 Å². The molecule has 0 saturated heterocycles. The summed E-state index contributed by atoms with van der Waals surface area (Å²) in [6, 6.07) is 10.6. The van der Waals surface area contributed by atoms with Gasteiger partial charge in [0.1, 0.15) is 5.84 Å². The molecule has 0 aliphatic heterocycles. The minimum Gasteiger partial charge on any atom is -0.384 e. The molecule has 16 heavy (non-hydrogen) atoms. The Bertz CT molecular complexity index is 368. The fourth-order valence-electron chi connectivity index (χ4n) is 1.23. The first-order valence-corrected chi connectivity index (χ1v) is 5.11. The summed E-state index contributed by atoms with van der Waals surface area (Å²) >= 11 is 0. The molecule has 1 aromatic carbocycles. The Hall–Kier alpha value is -0.106. The van der Waals surface area contributed by atoms with Crippen LogP contribution in [0.1, 0.15) is 6.92 Å². The molecule has 5 heteroatoms. The first-order chi connectivity index (χ1) is 7.15. The van der Waals surface area contributed by atoms with Crippen LogP contribution in [0.5, 0.6) is 0 Å². The van der Waals surface area contributed by atoms with Gasteiger partial charge in [-0.05, 0) is 16.2 Å². The number of para-hydroxylation sites is 1. The van der Waals surface area contributed by atoms with Gasteiger partial charge in [-0.2, -0.15) is 29.3 Å². The largest absolute Gasteiger partial charge is 0.384 e. The number of carbonyl (C=O) groups is 1. The van der Waals surface area contributed by atoms with Gasteiger partial charge in [0.25, 0.3) is 5.65 Å². The van der Waals surface area contributed by atoms with Crippen LogP contribution in [0.15, 0.2) is 29.3 Å². The van der Waals surface area contributed by atoms with E-state index >= 15 is 0 Å². The van der Waals surface area contributed by atoms with E-state index < -0.39 is 0 Å². The SMILES string of the molecule is [CH2-]CN(/C(C)=N/C(=O)P)c1[c-]cccc1.[Y]. The van der Waals surface area contributed by atoms with Crippen LogP contribution in [0.4, 0.5) is 10.5 Å². The van der Waals surface area contributed by atoms with Crippen molar-refractivity contribution in [2.75, 3.05) is 11.4 Å². The zero-order valence-corrected chi connectivity index (χ0v) is 13.2.